The molecule has 2 rings (SSSR count). The van der Waals surface area contributed by atoms with Gasteiger partial charge in [0.15, 0.2) is 0 Å². The second-order valence-electron chi connectivity index (χ2n) is 3.73. The lowest BCUT2D eigenvalue weighted by Gasteiger charge is -2.10. The van der Waals surface area contributed by atoms with E-state index in [1.807, 2.05) is 26.0 Å². The van der Waals surface area contributed by atoms with Crippen LogP contribution in [0.3, 0.4) is 0 Å². The molecule has 1 heterocycles. The van der Waals surface area contributed by atoms with Crippen LogP contribution in [0.2, 0.25) is 5.02 Å². The predicted octanol–water partition coefficient (Wildman–Crippen LogP) is 3.12. The Kier molecular flexibility index (Phi) is 3.15. The number of halogens is 1. The number of benzene rings is 1. The third kappa shape index (κ3) is 2.65. The molecule has 0 bridgehead atoms. The molecule has 0 unspecified atom stereocenters. The van der Waals surface area contributed by atoms with Gasteiger partial charge < -0.3 is 10.5 Å². The number of nitrogen functional groups attached to an aromatic ring is 1. The van der Waals surface area contributed by atoms with E-state index in [4.69, 9.17) is 22.1 Å². The molecule has 0 atom stereocenters. The van der Waals surface area contributed by atoms with E-state index < -0.39 is 0 Å². The van der Waals surface area contributed by atoms with Gasteiger partial charge in [-0.2, -0.15) is 4.98 Å². The van der Waals surface area contributed by atoms with Crippen molar-refractivity contribution in [2.24, 2.45) is 0 Å². The van der Waals surface area contributed by atoms with Crippen LogP contribution in [0, 0.1) is 13.8 Å². The molecule has 0 fully saturated rings. The number of rotatable bonds is 2. The maximum Gasteiger partial charge on any atom is 0.226 e. The fourth-order valence-corrected chi connectivity index (χ4v) is 1.49. The van der Waals surface area contributed by atoms with Crippen molar-refractivity contribution >= 4 is 17.5 Å². The quantitative estimate of drug-likeness (QED) is 0.888. The maximum atomic E-state index is 5.92. The molecule has 0 amide bonds. The highest BCUT2D eigenvalue weighted by Crippen LogP contribution is 2.28. The number of nitrogens with zero attached hydrogens (tertiary/aromatic N) is 2. The van der Waals surface area contributed by atoms with Crippen molar-refractivity contribution in [3.63, 3.8) is 0 Å². The predicted molar refractivity (Wildman–Crippen MR) is 67.4 cm³/mol. The zero-order valence-electron chi connectivity index (χ0n) is 9.57. The Balaban J connectivity index is 2.37. The van der Waals surface area contributed by atoms with Gasteiger partial charge in [0.2, 0.25) is 11.8 Å². The lowest BCUT2D eigenvalue weighted by molar-refractivity contribution is 0.455. The summed E-state index contributed by atoms with van der Waals surface area (Å²) in [5.41, 5.74) is 7.32. The molecular formula is C12H12ClN3O. The first-order valence-corrected chi connectivity index (χ1v) is 5.47. The van der Waals surface area contributed by atoms with E-state index in [9.17, 15) is 0 Å². The number of aromatic nitrogens is 2. The molecule has 0 saturated heterocycles. The second-order valence-corrected chi connectivity index (χ2v) is 4.16. The Labute approximate surface area is 104 Å². The van der Waals surface area contributed by atoms with Crippen LogP contribution in [0.1, 0.15) is 11.1 Å². The van der Waals surface area contributed by atoms with Gasteiger partial charge in [0, 0.05) is 16.8 Å². The second kappa shape index (κ2) is 4.59. The molecule has 1 aromatic heterocycles. The molecular weight excluding hydrogens is 238 g/mol. The molecule has 1 aromatic carbocycles. The number of aryl methyl sites for hydroxylation is 2. The number of ether oxygens (including phenoxy) is 1. The van der Waals surface area contributed by atoms with E-state index in [0.29, 0.717) is 16.7 Å². The van der Waals surface area contributed by atoms with Crippen molar-refractivity contribution in [1.82, 2.24) is 9.97 Å². The van der Waals surface area contributed by atoms with Gasteiger partial charge in [-0.1, -0.05) is 17.7 Å². The maximum absolute atomic E-state index is 5.92. The SMILES string of the molecule is Cc1ccc(Cl)cc1Oc1nc(N)ncc1C. The van der Waals surface area contributed by atoms with Gasteiger partial charge in [-0.3, -0.25) is 0 Å². The minimum absolute atomic E-state index is 0.185. The Hall–Kier alpha value is -1.81. The van der Waals surface area contributed by atoms with Crippen molar-refractivity contribution in [3.8, 4) is 11.6 Å². The van der Waals surface area contributed by atoms with Crippen LogP contribution in [0.5, 0.6) is 11.6 Å². The number of hydrogen-bond acceptors (Lipinski definition) is 4. The monoisotopic (exact) mass is 249 g/mol. The van der Waals surface area contributed by atoms with Crippen molar-refractivity contribution in [1.29, 1.82) is 0 Å². The molecule has 17 heavy (non-hydrogen) atoms. The average molecular weight is 250 g/mol. The Morgan fingerprint density at radius 1 is 1.24 bits per heavy atom. The number of hydrogen-bond donors (Lipinski definition) is 1. The van der Waals surface area contributed by atoms with Gasteiger partial charge in [-0.15, -0.1) is 0 Å². The van der Waals surface area contributed by atoms with E-state index in [1.165, 1.54) is 0 Å². The molecule has 4 nitrogen and oxygen atoms in total. The average Bonchev–Trinajstić information content (AvgIpc) is 2.28. The zero-order valence-corrected chi connectivity index (χ0v) is 10.3. The first kappa shape index (κ1) is 11.7. The molecule has 0 aliphatic rings. The fraction of sp³-hybridized carbons (Fsp3) is 0.167. The third-order valence-electron chi connectivity index (χ3n) is 2.30. The summed E-state index contributed by atoms with van der Waals surface area (Å²) < 4.78 is 5.69. The minimum Gasteiger partial charge on any atom is -0.438 e. The van der Waals surface area contributed by atoms with Gasteiger partial charge in [0.1, 0.15) is 5.75 Å². The Morgan fingerprint density at radius 3 is 2.76 bits per heavy atom. The van der Waals surface area contributed by atoms with E-state index in [2.05, 4.69) is 9.97 Å². The standard InChI is InChI=1S/C12H12ClN3O/c1-7-3-4-9(13)5-10(7)17-11-8(2)6-15-12(14)16-11/h3-6H,1-2H3,(H2,14,15,16). The summed E-state index contributed by atoms with van der Waals surface area (Å²) >= 11 is 5.92. The van der Waals surface area contributed by atoms with Crippen LogP contribution in [-0.4, -0.2) is 9.97 Å². The molecule has 5 heteroatoms. The van der Waals surface area contributed by atoms with Crippen molar-refractivity contribution in [2.75, 3.05) is 5.73 Å². The highest BCUT2D eigenvalue weighted by atomic mass is 35.5. The van der Waals surface area contributed by atoms with Crippen LogP contribution in [0.4, 0.5) is 5.95 Å². The Morgan fingerprint density at radius 2 is 2.00 bits per heavy atom. The lowest BCUT2D eigenvalue weighted by atomic mass is 10.2. The van der Waals surface area contributed by atoms with Crippen LogP contribution in [0.25, 0.3) is 0 Å². The smallest absolute Gasteiger partial charge is 0.226 e. The van der Waals surface area contributed by atoms with Gasteiger partial charge >= 0.3 is 0 Å². The molecule has 0 aliphatic heterocycles. The highest BCUT2D eigenvalue weighted by Gasteiger charge is 2.07. The van der Waals surface area contributed by atoms with Crippen LogP contribution >= 0.6 is 11.6 Å². The van der Waals surface area contributed by atoms with E-state index >= 15 is 0 Å². The summed E-state index contributed by atoms with van der Waals surface area (Å²) in [4.78, 5) is 7.92. The topological polar surface area (TPSA) is 61.0 Å². The molecule has 0 aliphatic carbocycles. The largest absolute Gasteiger partial charge is 0.438 e. The third-order valence-corrected chi connectivity index (χ3v) is 2.54. The molecule has 2 aromatic rings. The molecule has 0 spiro atoms. The number of anilines is 1. The van der Waals surface area contributed by atoms with E-state index in [0.717, 1.165) is 11.1 Å². The highest BCUT2D eigenvalue weighted by molar-refractivity contribution is 6.30. The fourth-order valence-electron chi connectivity index (χ4n) is 1.33. The van der Waals surface area contributed by atoms with Gasteiger partial charge in [-0.05, 0) is 31.5 Å². The van der Waals surface area contributed by atoms with Gasteiger partial charge in [0.25, 0.3) is 0 Å². The van der Waals surface area contributed by atoms with Crippen molar-refractivity contribution < 1.29 is 4.74 Å². The normalized spacial score (nSPS) is 10.3. The molecule has 2 N–H and O–H groups in total. The van der Waals surface area contributed by atoms with Gasteiger partial charge in [0.05, 0.1) is 0 Å². The lowest BCUT2D eigenvalue weighted by Crippen LogP contribution is -1.99. The first-order valence-electron chi connectivity index (χ1n) is 5.09. The van der Waals surface area contributed by atoms with Crippen LogP contribution < -0.4 is 10.5 Å². The summed E-state index contributed by atoms with van der Waals surface area (Å²) in [5, 5.41) is 0.616. The summed E-state index contributed by atoms with van der Waals surface area (Å²) in [5.74, 6) is 1.30. The zero-order chi connectivity index (χ0) is 12.4. The van der Waals surface area contributed by atoms with Crippen molar-refractivity contribution in [3.05, 3.63) is 40.5 Å². The number of nitrogens with two attached hydrogens (primary N) is 1. The van der Waals surface area contributed by atoms with Crippen molar-refractivity contribution in [2.45, 2.75) is 13.8 Å². The summed E-state index contributed by atoms with van der Waals surface area (Å²) in [6.45, 7) is 3.79. The van der Waals surface area contributed by atoms with E-state index in [1.54, 1.807) is 12.3 Å². The minimum atomic E-state index is 0.185. The summed E-state index contributed by atoms with van der Waals surface area (Å²) in [6.07, 6.45) is 1.62. The van der Waals surface area contributed by atoms with E-state index in [-0.39, 0.29) is 5.95 Å². The summed E-state index contributed by atoms with van der Waals surface area (Å²) in [6, 6.07) is 5.44. The Bertz CT molecular complexity index is 508. The first-order chi connectivity index (χ1) is 8.06. The molecule has 0 radical (unpaired) electrons. The van der Waals surface area contributed by atoms with Crippen LogP contribution in [-0.2, 0) is 0 Å². The summed E-state index contributed by atoms with van der Waals surface area (Å²) in [7, 11) is 0. The van der Waals surface area contributed by atoms with Gasteiger partial charge in [-0.25, -0.2) is 4.98 Å². The molecule has 0 saturated carbocycles. The van der Waals surface area contributed by atoms with Crippen LogP contribution in [0.15, 0.2) is 24.4 Å². The molecule has 88 valence electrons.